The molecule has 0 bridgehead atoms. The Hall–Kier alpha value is -3.66. The fraction of sp³-hybridized carbons (Fsp3) is 0. The Morgan fingerprint density at radius 2 is 1.79 bits per heavy atom. The number of ether oxygens (including phenoxy) is 1. The van der Waals surface area contributed by atoms with Crippen LogP contribution in [0.5, 0.6) is 11.5 Å². The molecule has 1 N–H and O–H groups in total. The molecule has 10 heteroatoms. The third-order valence-corrected chi connectivity index (χ3v) is 5.32. The van der Waals surface area contributed by atoms with Gasteiger partial charge in [0.2, 0.25) is 0 Å². The van der Waals surface area contributed by atoms with Gasteiger partial charge in [-0.1, -0.05) is 11.6 Å². The number of halogens is 2. The molecule has 0 fully saturated rings. The lowest BCUT2D eigenvalue weighted by Gasteiger charge is -2.11. The molecule has 0 aliphatic carbocycles. The highest BCUT2D eigenvalue weighted by Gasteiger charge is 2.18. The predicted octanol–water partition coefficient (Wildman–Crippen LogP) is 4.21. The molecule has 3 aromatic rings. The van der Waals surface area contributed by atoms with Crippen LogP contribution in [0.2, 0.25) is 5.02 Å². The Bertz CT molecular complexity index is 1270. The number of nitrogens with zero attached hydrogens (tertiary/aromatic N) is 3. The van der Waals surface area contributed by atoms with Gasteiger partial charge in [-0.15, -0.1) is 0 Å². The molecule has 1 aromatic heterocycles. The maximum atomic E-state index is 12.9. The van der Waals surface area contributed by atoms with Gasteiger partial charge in [0.1, 0.15) is 35.3 Å². The fourth-order valence-electron chi connectivity index (χ4n) is 2.27. The normalized spacial score (nSPS) is 10.6. The summed E-state index contributed by atoms with van der Waals surface area (Å²) in [5, 5.41) is 18.7. The van der Waals surface area contributed by atoms with E-state index in [9.17, 15) is 18.1 Å². The van der Waals surface area contributed by atoms with Gasteiger partial charge in [-0.2, -0.15) is 10.5 Å². The summed E-state index contributed by atoms with van der Waals surface area (Å²) in [6.07, 6.45) is 0.872. The van der Waals surface area contributed by atoms with Crippen LogP contribution in [-0.4, -0.2) is 13.4 Å². The van der Waals surface area contributed by atoms with Crippen LogP contribution in [0, 0.1) is 28.5 Å². The smallest absolute Gasteiger partial charge is 0.263 e. The van der Waals surface area contributed by atoms with Crippen molar-refractivity contribution in [3.63, 3.8) is 0 Å². The monoisotopic (exact) mass is 428 g/mol. The minimum absolute atomic E-state index is 0.0478. The summed E-state index contributed by atoms with van der Waals surface area (Å²) in [7, 11) is -4.07. The van der Waals surface area contributed by atoms with E-state index in [4.69, 9.17) is 21.6 Å². The zero-order valence-electron chi connectivity index (χ0n) is 14.4. The number of rotatable bonds is 5. The number of pyridine rings is 1. The van der Waals surface area contributed by atoms with Crippen molar-refractivity contribution in [3.05, 3.63) is 76.7 Å². The van der Waals surface area contributed by atoms with Gasteiger partial charge in [0, 0.05) is 6.07 Å². The van der Waals surface area contributed by atoms with Crippen molar-refractivity contribution in [2.75, 3.05) is 4.72 Å². The van der Waals surface area contributed by atoms with Crippen LogP contribution in [0.25, 0.3) is 0 Å². The minimum Gasteiger partial charge on any atom is -0.456 e. The molecule has 7 nitrogen and oxygen atoms in total. The Balaban J connectivity index is 1.89. The van der Waals surface area contributed by atoms with Crippen LogP contribution in [0.3, 0.4) is 0 Å². The van der Waals surface area contributed by atoms with Crippen LogP contribution in [0.15, 0.2) is 59.6 Å². The van der Waals surface area contributed by atoms with E-state index in [1.165, 1.54) is 36.4 Å². The summed E-state index contributed by atoms with van der Waals surface area (Å²) in [6.45, 7) is 0. The third kappa shape index (κ3) is 4.61. The molecule has 0 saturated carbocycles. The zero-order chi connectivity index (χ0) is 21.0. The third-order valence-electron chi connectivity index (χ3n) is 3.63. The topological polar surface area (TPSA) is 116 Å². The minimum atomic E-state index is -4.07. The van der Waals surface area contributed by atoms with E-state index in [1.807, 2.05) is 12.1 Å². The van der Waals surface area contributed by atoms with Crippen molar-refractivity contribution in [1.29, 1.82) is 10.5 Å². The van der Waals surface area contributed by atoms with Gasteiger partial charge >= 0.3 is 0 Å². The second-order valence-corrected chi connectivity index (χ2v) is 7.68. The Kier molecular flexibility index (Phi) is 5.64. The number of benzene rings is 2. The standard InChI is InChI=1S/C19H10ClFN4O3S/c20-17-4-2-15(7-12(17)9-22)28-18-5-3-16(8-13(18)10-23)29(26,27)25-19-6-1-14(21)11-24-19/h1-8,11H,(H,24,25). The largest absolute Gasteiger partial charge is 0.456 e. The summed E-state index contributed by atoms with van der Waals surface area (Å²) >= 11 is 5.87. The number of nitriles is 2. The van der Waals surface area contributed by atoms with Gasteiger partial charge in [0.25, 0.3) is 10.0 Å². The molecule has 0 unspecified atom stereocenters. The van der Waals surface area contributed by atoms with Crippen molar-refractivity contribution >= 4 is 27.4 Å². The lowest BCUT2D eigenvalue weighted by atomic mass is 10.2. The van der Waals surface area contributed by atoms with Gasteiger partial charge in [-0.05, 0) is 42.5 Å². The molecule has 0 aliphatic heterocycles. The van der Waals surface area contributed by atoms with E-state index in [0.29, 0.717) is 0 Å². The lowest BCUT2D eigenvalue weighted by molar-refractivity contribution is 0.480. The van der Waals surface area contributed by atoms with Gasteiger partial charge in [-0.3, -0.25) is 4.72 Å². The van der Waals surface area contributed by atoms with Crippen molar-refractivity contribution in [2.24, 2.45) is 0 Å². The average Bonchev–Trinajstić information content (AvgIpc) is 2.71. The molecule has 1 heterocycles. The van der Waals surface area contributed by atoms with Crippen molar-refractivity contribution < 1.29 is 17.5 Å². The second-order valence-electron chi connectivity index (χ2n) is 5.59. The highest BCUT2D eigenvalue weighted by molar-refractivity contribution is 7.92. The first kappa shape index (κ1) is 20.1. The number of nitrogens with one attached hydrogen (secondary N) is 1. The van der Waals surface area contributed by atoms with E-state index in [0.717, 1.165) is 18.3 Å². The SMILES string of the molecule is N#Cc1cc(Oc2ccc(S(=O)(=O)Nc3ccc(F)cn3)cc2C#N)ccc1Cl. The summed E-state index contributed by atoms with van der Waals surface area (Å²) < 4.78 is 45.7. The van der Waals surface area contributed by atoms with Gasteiger partial charge in [0.15, 0.2) is 0 Å². The lowest BCUT2D eigenvalue weighted by Crippen LogP contribution is -2.14. The molecular formula is C19H10ClFN4O3S. The molecule has 0 radical (unpaired) electrons. The maximum Gasteiger partial charge on any atom is 0.263 e. The molecule has 0 atom stereocenters. The molecule has 29 heavy (non-hydrogen) atoms. The van der Waals surface area contributed by atoms with Crippen LogP contribution in [-0.2, 0) is 10.0 Å². The number of sulfonamides is 1. The van der Waals surface area contributed by atoms with Crippen LogP contribution in [0.1, 0.15) is 11.1 Å². The second kappa shape index (κ2) is 8.15. The fourth-order valence-corrected chi connectivity index (χ4v) is 3.46. The van der Waals surface area contributed by atoms with E-state index in [2.05, 4.69) is 9.71 Å². The van der Waals surface area contributed by atoms with Gasteiger partial charge in [0.05, 0.1) is 27.2 Å². The Morgan fingerprint density at radius 3 is 2.45 bits per heavy atom. The van der Waals surface area contributed by atoms with E-state index < -0.39 is 15.8 Å². The van der Waals surface area contributed by atoms with E-state index in [1.54, 1.807) is 0 Å². The average molecular weight is 429 g/mol. The molecule has 3 rings (SSSR count). The van der Waals surface area contributed by atoms with Crippen LogP contribution < -0.4 is 9.46 Å². The highest BCUT2D eigenvalue weighted by Crippen LogP contribution is 2.30. The Labute approximate surface area is 170 Å². The molecule has 0 spiro atoms. The summed E-state index contributed by atoms with van der Waals surface area (Å²) in [5.41, 5.74) is 0.145. The first-order valence-electron chi connectivity index (χ1n) is 7.88. The first-order valence-corrected chi connectivity index (χ1v) is 9.74. The van der Waals surface area contributed by atoms with Crippen LogP contribution >= 0.6 is 11.6 Å². The number of aromatic nitrogens is 1. The number of anilines is 1. The maximum absolute atomic E-state index is 12.9. The molecule has 0 amide bonds. The summed E-state index contributed by atoms with van der Waals surface area (Å²) in [6, 6.07) is 14.1. The molecular weight excluding hydrogens is 419 g/mol. The Morgan fingerprint density at radius 1 is 1.03 bits per heavy atom. The molecule has 0 aliphatic rings. The zero-order valence-corrected chi connectivity index (χ0v) is 16.0. The predicted molar refractivity (Wildman–Crippen MR) is 102 cm³/mol. The van der Waals surface area contributed by atoms with Crippen molar-refractivity contribution in [3.8, 4) is 23.6 Å². The van der Waals surface area contributed by atoms with Crippen LogP contribution in [0.4, 0.5) is 10.2 Å². The first-order chi connectivity index (χ1) is 13.8. The van der Waals surface area contributed by atoms with E-state index >= 15 is 0 Å². The number of hydrogen-bond donors (Lipinski definition) is 1. The number of hydrogen-bond acceptors (Lipinski definition) is 6. The highest BCUT2D eigenvalue weighted by atomic mass is 35.5. The van der Waals surface area contributed by atoms with Gasteiger partial charge in [-0.25, -0.2) is 17.8 Å². The van der Waals surface area contributed by atoms with Crippen molar-refractivity contribution in [1.82, 2.24) is 4.98 Å². The van der Waals surface area contributed by atoms with Gasteiger partial charge < -0.3 is 4.74 Å². The van der Waals surface area contributed by atoms with Crippen molar-refractivity contribution in [2.45, 2.75) is 4.90 Å². The molecule has 0 saturated heterocycles. The summed E-state index contributed by atoms with van der Waals surface area (Å²) in [5.74, 6) is -0.331. The quantitative estimate of drug-likeness (QED) is 0.650. The summed E-state index contributed by atoms with van der Waals surface area (Å²) in [4.78, 5) is 3.43. The molecule has 2 aromatic carbocycles. The van der Waals surface area contributed by atoms with E-state index in [-0.39, 0.29) is 38.4 Å². The molecule has 144 valence electrons.